The fourth-order valence-electron chi connectivity index (χ4n) is 2.42. The molecule has 2 atom stereocenters. The Morgan fingerprint density at radius 2 is 2.21 bits per heavy atom. The zero-order chi connectivity index (χ0) is 14.0. The monoisotopic (exact) mass is 285 g/mol. The molecule has 0 aromatic carbocycles. The zero-order valence-electron chi connectivity index (χ0n) is 11.7. The maximum Gasteiger partial charge on any atom is 0.198 e. The topological polar surface area (TPSA) is 56.3 Å². The molecule has 0 saturated heterocycles. The first-order valence-electron chi connectivity index (χ1n) is 6.43. The van der Waals surface area contributed by atoms with Gasteiger partial charge in [-0.05, 0) is 13.3 Å². The van der Waals surface area contributed by atoms with Gasteiger partial charge in [0.25, 0.3) is 0 Å². The molecule has 1 aliphatic carbocycles. The average molecular weight is 286 g/mol. The highest BCUT2D eigenvalue weighted by Crippen LogP contribution is 2.45. The molecular weight excluding hydrogens is 266 g/mol. The Kier molecular flexibility index (Phi) is 4.16. The van der Waals surface area contributed by atoms with Gasteiger partial charge in [-0.25, -0.2) is 9.97 Å². The summed E-state index contributed by atoms with van der Waals surface area (Å²) in [6, 6.07) is 0.281. The summed E-state index contributed by atoms with van der Waals surface area (Å²) in [6.07, 6.45) is 2.66. The molecule has 0 amide bonds. The van der Waals surface area contributed by atoms with Crippen molar-refractivity contribution in [1.29, 1.82) is 0 Å². The molecule has 0 spiro atoms. The third-order valence-corrected chi connectivity index (χ3v) is 4.09. The van der Waals surface area contributed by atoms with Gasteiger partial charge in [-0.1, -0.05) is 25.4 Å². The maximum absolute atomic E-state index is 5.98. The van der Waals surface area contributed by atoms with Crippen molar-refractivity contribution < 1.29 is 9.47 Å². The van der Waals surface area contributed by atoms with Crippen LogP contribution in [0, 0.1) is 5.41 Å². The molecule has 0 bridgehead atoms. The molecule has 5 nitrogen and oxygen atoms in total. The number of nitrogens with one attached hydrogen (secondary N) is 1. The molecule has 106 valence electrons. The first-order chi connectivity index (χ1) is 9.00. The van der Waals surface area contributed by atoms with Crippen molar-refractivity contribution in [2.75, 3.05) is 19.0 Å². The Labute approximate surface area is 118 Å². The van der Waals surface area contributed by atoms with Crippen LogP contribution in [-0.4, -0.2) is 35.8 Å². The largest absolute Gasteiger partial charge is 0.490 e. The molecular formula is C13H20ClN3O2. The lowest BCUT2D eigenvalue weighted by Gasteiger charge is -2.51. The molecule has 1 saturated carbocycles. The predicted octanol–water partition coefficient (Wildman–Crippen LogP) is 2.75. The van der Waals surface area contributed by atoms with Crippen LogP contribution in [0.2, 0.25) is 5.15 Å². The summed E-state index contributed by atoms with van der Waals surface area (Å²) in [5.74, 6) is 1.12. The first-order valence-corrected chi connectivity index (χ1v) is 6.81. The smallest absolute Gasteiger partial charge is 0.198 e. The van der Waals surface area contributed by atoms with Crippen LogP contribution in [-0.2, 0) is 4.74 Å². The van der Waals surface area contributed by atoms with Crippen molar-refractivity contribution in [2.45, 2.75) is 39.3 Å². The number of rotatable bonds is 5. The average Bonchev–Trinajstić information content (AvgIpc) is 2.38. The van der Waals surface area contributed by atoms with E-state index in [1.54, 1.807) is 7.11 Å². The van der Waals surface area contributed by atoms with Crippen LogP contribution >= 0.6 is 11.6 Å². The van der Waals surface area contributed by atoms with Crippen molar-refractivity contribution in [3.05, 3.63) is 11.5 Å². The van der Waals surface area contributed by atoms with Crippen molar-refractivity contribution in [3.63, 3.8) is 0 Å². The van der Waals surface area contributed by atoms with E-state index in [1.165, 1.54) is 6.33 Å². The molecule has 6 heteroatoms. The molecule has 0 aliphatic heterocycles. The molecule has 1 fully saturated rings. The molecule has 1 heterocycles. The Morgan fingerprint density at radius 1 is 1.47 bits per heavy atom. The van der Waals surface area contributed by atoms with Crippen LogP contribution in [0.4, 0.5) is 5.82 Å². The molecule has 1 aliphatic rings. The molecule has 1 aromatic rings. The Balaban J connectivity index is 2.09. The molecule has 1 aromatic heterocycles. The third-order valence-electron chi connectivity index (χ3n) is 3.82. The summed E-state index contributed by atoms with van der Waals surface area (Å²) in [6.45, 7) is 7.13. The zero-order valence-corrected chi connectivity index (χ0v) is 12.5. The van der Waals surface area contributed by atoms with Crippen LogP contribution in [0.1, 0.15) is 27.2 Å². The fraction of sp³-hybridized carbons (Fsp3) is 0.692. The summed E-state index contributed by atoms with van der Waals surface area (Å²) < 4.78 is 10.9. The van der Waals surface area contributed by atoms with Crippen molar-refractivity contribution in [3.8, 4) is 5.75 Å². The highest BCUT2D eigenvalue weighted by atomic mass is 35.5. The quantitative estimate of drug-likeness (QED) is 0.843. The first kappa shape index (κ1) is 14.3. The summed E-state index contributed by atoms with van der Waals surface area (Å²) >= 11 is 5.98. The van der Waals surface area contributed by atoms with Crippen molar-refractivity contribution >= 4 is 17.4 Å². The summed E-state index contributed by atoms with van der Waals surface area (Å²) in [5.41, 5.74) is 0.0540. The van der Waals surface area contributed by atoms with Gasteiger partial charge in [0.2, 0.25) is 0 Å². The number of hydrogen-bond donors (Lipinski definition) is 1. The van der Waals surface area contributed by atoms with E-state index in [2.05, 4.69) is 29.1 Å². The highest BCUT2D eigenvalue weighted by Gasteiger charge is 2.49. The highest BCUT2D eigenvalue weighted by molar-refractivity contribution is 6.31. The number of nitrogens with zero attached hydrogens (tertiary/aromatic N) is 2. The standard InChI is InChI=1S/C13H20ClN3O2/c1-5-19-9-6-8(13(9,2)3)17-12-10(18-4)11(14)15-7-16-12/h7-9H,5-6H2,1-4H3,(H,15,16,17). The number of methoxy groups -OCH3 is 1. The number of halogens is 1. The second-order valence-corrected chi connectivity index (χ2v) is 5.60. The minimum Gasteiger partial charge on any atom is -0.490 e. The van der Waals surface area contributed by atoms with Crippen LogP contribution in [0.15, 0.2) is 6.33 Å². The van der Waals surface area contributed by atoms with Gasteiger partial charge >= 0.3 is 0 Å². The lowest BCUT2D eigenvalue weighted by Crippen LogP contribution is -2.58. The van der Waals surface area contributed by atoms with Crippen molar-refractivity contribution in [2.24, 2.45) is 5.41 Å². The number of anilines is 1. The van der Waals surface area contributed by atoms with E-state index in [0.29, 0.717) is 16.7 Å². The van der Waals surface area contributed by atoms with E-state index in [0.717, 1.165) is 13.0 Å². The van der Waals surface area contributed by atoms with Gasteiger partial charge in [0.1, 0.15) is 6.33 Å². The van der Waals surface area contributed by atoms with Crippen molar-refractivity contribution in [1.82, 2.24) is 9.97 Å². The maximum atomic E-state index is 5.98. The van der Waals surface area contributed by atoms with Gasteiger partial charge in [-0.3, -0.25) is 0 Å². The minimum absolute atomic E-state index is 0.0540. The molecule has 0 radical (unpaired) electrons. The fourth-order valence-corrected chi connectivity index (χ4v) is 2.63. The minimum atomic E-state index is 0.0540. The molecule has 19 heavy (non-hydrogen) atoms. The van der Waals surface area contributed by atoms with E-state index in [9.17, 15) is 0 Å². The van der Waals surface area contributed by atoms with Crippen LogP contribution < -0.4 is 10.1 Å². The Bertz CT molecular complexity index is 454. The molecule has 1 N–H and O–H groups in total. The van der Waals surface area contributed by atoms with E-state index < -0.39 is 0 Å². The van der Waals surface area contributed by atoms with Gasteiger partial charge < -0.3 is 14.8 Å². The number of aromatic nitrogens is 2. The van der Waals surface area contributed by atoms with E-state index in [4.69, 9.17) is 21.1 Å². The van der Waals surface area contributed by atoms with Crippen LogP contribution in [0.25, 0.3) is 0 Å². The predicted molar refractivity (Wildman–Crippen MR) is 74.8 cm³/mol. The second kappa shape index (κ2) is 5.51. The van der Waals surface area contributed by atoms with Gasteiger partial charge in [0.05, 0.1) is 13.2 Å². The van der Waals surface area contributed by atoms with Crippen LogP contribution in [0.5, 0.6) is 5.75 Å². The van der Waals surface area contributed by atoms with Crippen LogP contribution in [0.3, 0.4) is 0 Å². The summed E-state index contributed by atoms with van der Waals surface area (Å²) in [5, 5.41) is 3.69. The van der Waals surface area contributed by atoms with E-state index in [-0.39, 0.29) is 17.6 Å². The molecule has 2 rings (SSSR count). The Morgan fingerprint density at radius 3 is 2.79 bits per heavy atom. The second-order valence-electron chi connectivity index (χ2n) is 5.24. The lowest BCUT2D eigenvalue weighted by molar-refractivity contribution is -0.0977. The SMILES string of the molecule is CCOC1CC(Nc2ncnc(Cl)c2OC)C1(C)C. The third kappa shape index (κ3) is 2.62. The van der Waals surface area contributed by atoms with Gasteiger partial charge in [-0.15, -0.1) is 0 Å². The van der Waals surface area contributed by atoms with Gasteiger partial charge in [-0.2, -0.15) is 0 Å². The lowest BCUT2D eigenvalue weighted by atomic mass is 9.64. The van der Waals surface area contributed by atoms with Gasteiger partial charge in [0, 0.05) is 18.1 Å². The Hall–Kier alpha value is -1.07. The summed E-state index contributed by atoms with van der Waals surface area (Å²) in [7, 11) is 1.56. The number of ether oxygens (including phenoxy) is 2. The van der Waals surface area contributed by atoms with E-state index in [1.807, 2.05) is 6.92 Å². The molecule has 2 unspecified atom stereocenters. The normalized spacial score (nSPS) is 24.7. The number of hydrogen-bond acceptors (Lipinski definition) is 5. The van der Waals surface area contributed by atoms with E-state index >= 15 is 0 Å². The van der Waals surface area contributed by atoms with Gasteiger partial charge in [0.15, 0.2) is 16.7 Å². The summed E-state index contributed by atoms with van der Waals surface area (Å²) in [4.78, 5) is 8.10.